The quantitative estimate of drug-likeness (QED) is 0.703. The van der Waals surface area contributed by atoms with Gasteiger partial charge in [0.15, 0.2) is 5.13 Å². The van der Waals surface area contributed by atoms with Gasteiger partial charge < -0.3 is 10.1 Å². The molecule has 0 saturated carbocycles. The number of fused-ring (bicyclic) bond motifs is 1. The molecule has 0 aliphatic carbocycles. The molecule has 0 aliphatic heterocycles. The molecule has 20 heavy (non-hydrogen) atoms. The second-order valence-corrected chi connectivity index (χ2v) is 6.07. The number of hydrogen-bond donors (Lipinski definition) is 1. The number of rotatable bonds is 4. The van der Waals surface area contributed by atoms with Gasteiger partial charge in [-0.15, -0.1) is 0 Å². The summed E-state index contributed by atoms with van der Waals surface area (Å²) in [7, 11) is 0. The fourth-order valence-electron chi connectivity index (χ4n) is 1.89. The second-order valence-electron chi connectivity index (χ2n) is 4.19. The maximum atomic E-state index is 5.51. The Bertz CT molecular complexity index is 742. The Morgan fingerprint density at radius 2 is 2.10 bits per heavy atom. The van der Waals surface area contributed by atoms with Crippen LogP contribution in [0, 0.1) is 0 Å². The van der Waals surface area contributed by atoms with Crippen molar-refractivity contribution in [3.05, 3.63) is 46.9 Å². The van der Waals surface area contributed by atoms with Crippen LogP contribution in [0.1, 0.15) is 6.92 Å². The number of nitrogens with zero attached hydrogens (tertiary/aromatic N) is 1. The lowest BCUT2D eigenvalue weighted by Gasteiger charge is -2.03. The third kappa shape index (κ3) is 2.78. The Balaban J connectivity index is 1.91. The fourth-order valence-corrected chi connectivity index (χ4v) is 3.18. The van der Waals surface area contributed by atoms with Gasteiger partial charge in [-0.2, -0.15) is 0 Å². The lowest BCUT2D eigenvalue weighted by atomic mass is 10.3. The van der Waals surface area contributed by atoms with Crippen LogP contribution in [0.25, 0.3) is 10.2 Å². The van der Waals surface area contributed by atoms with Crippen LogP contribution in [-0.2, 0) is 0 Å². The zero-order chi connectivity index (χ0) is 13.9. The smallest absolute Gasteiger partial charge is 0.188 e. The standard InChI is InChI=1S/C15H13BrN2OS/c1-2-19-10-7-8-13-14(9-10)20-15(18-13)17-12-6-4-3-5-11(12)16/h3-9H,2H2,1H3,(H,17,18). The number of anilines is 2. The molecule has 102 valence electrons. The fraction of sp³-hybridized carbons (Fsp3) is 0.133. The van der Waals surface area contributed by atoms with Crippen molar-refractivity contribution in [3.8, 4) is 5.75 Å². The van der Waals surface area contributed by atoms with Gasteiger partial charge in [-0.1, -0.05) is 23.5 Å². The van der Waals surface area contributed by atoms with E-state index in [0.29, 0.717) is 6.61 Å². The summed E-state index contributed by atoms with van der Waals surface area (Å²) in [6.07, 6.45) is 0. The van der Waals surface area contributed by atoms with Crippen LogP contribution in [0.15, 0.2) is 46.9 Å². The van der Waals surface area contributed by atoms with Gasteiger partial charge in [-0.3, -0.25) is 0 Å². The lowest BCUT2D eigenvalue weighted by Crippen LogP contribution is -1.90. The van der Waals surface area contributed by atoms with E-state index in [0.717, 1.165) is 31.3 Å². The Hall–Kier alpha value is -1.59. The number of nitrogens with one attached hydrogen (secondary N) is 1. The Morgan fingerprint density at radius 3 is 2.90 bits per heavy atom. The molecule has 0 aliphatic rings. The van der Waals surface area contributed by atoms with Crippen LogP contribution in [-0.4, -0.2) is 11.6 Å². The van der Waals surface area contributed by atoms with Crippen molar-refractivity contribution >= 4 is 48.3 Å². The van der Waals surface area contributed by atoms with Crippen molar-refractivity contribution in [1.82, 2.24) is 4.98 Å². The largest absolute Gasteiger partial charge is 0.494 e. The topological polar surface area (TPSA) is 34.1 Å². The first-order chi connectivity index (χ1) is 9.76. The molecule has 0 amide bonds. The van der Waals surface area contributed by atoms with E-state index in [9.17, 15) is 0 Å². The normalized spacial score (nSPS) is 10.7. The van der Waals surface area contributed by atoms with Crippen LogP contribution < -0.4 is 10.1 Å². The highest BCUT2D eigenvalue weighted by atomic mass is 79.9. The molecular formula is C15H13BrN2OS. The van der Waals surface area contributed by atoms with Crippen molar-refractivity contribution in [2.45, 2.75) is 6.92 Å². The molecule has 1 aromatic heterocycles. The van der Waals surface area contributed by atoms with E-state index in [1.807, 2.05) is 49.4 Å². The van der Waals surface area contributed by atoms with E-state index >= 15 is 0 Å². The van der Waals surface area contributed by atoms with Crippen molar-refractivity contribution in [1.29, 1.82) is 0 Å². The van der Waals surface area contributed by atoms with Gasteiger partial charge in [0.1, 0.15) is 5.75 Å². The highest BCUT2D eigenvalue weighted by molar-refractivity contribution is 9.10. The minimum absolute atomic E-state index is 0.673. The van der Waals surface area contributed by atoms with Gasteiger partial charge in [0.2, 0.25) is 0 Å². The van der Waals surface area contributed by atoms with E-state index < -0.39 is 0 Å². The summed E-state index contributed by atoms with van der Waals surface area (Å²) in [5.74, 6) is 0.885. The van der Waals surface area contributed by atoms with Crippen LogP contribution in [0.4, 0.5) is 10.8 Å². The van der Waals surface area contributed by atoms with Crippen LogP contribution in [0.3, 0.4) is 0 Å². The number of halogens is 1. The Morgan fingerprint density at radius 1 is 1.25 bits per heavy atom. The molecule has 1 N–H and O–H groups in total. The summed E-state index contributed by atoms with van der Waals surface area (Å²) >= 11 is 5.14. The summed E-state index contributed by atoms with van der Waals surface area (Å²) in [6.45, 7) is 2.66. The average molecular weight is 349 g/mol. The summed E-state index contributed by atoms with van der Waals surface area (Å²) in [4.78, 5) is 4.58. The van der Waals surface area contributed by atoms with Crippen LogP contribution in [0.5, 0.6) is 5.75 Å². The molecule has 3 aromatic rings. The first-order valence-corrected chi connectivity index (χ1v) is 7.92. The molecule has 0 saturated heterocycles. The van der Waals surface area contributed by atoms with Gasteiger partial charge in [-0.25, -0.2) is 4.98 Å². The maximum absolute atomic E-state index is 5.51. The SMILES string of the molecule is CCOc1ccc2nc(Nc3ccccc3Br)sc2c1. The van der Waals surface area contributed by atoms with Crippen LogP contribution in [0.2, 0.25) is 0 Å². The van der Waals surface area contributed by atoms with E-state index in [4.69, 9.17) is 4.74 Å². The van der Waals surface area contributed by atoms with Crippen molar-refractivity contribution in [2.24, 2.45) is 0 Å². The predicted molar refractivity (Wildman–Crippen MR) is 88.2 cm³/mol. The van der Waals surface area contributed by atoms with Crippen molar-refractivity contribution in [3.63, 3.8) is 0 Å². The molecule has 0 fully saturated rings. The molecular weight excluding hydrogens is 336 g/mol. The molecule has 0 atom stereocenters. The van der Waals surface area contributed by atoms with E-state index in [-0.39, 0.29) is 0 Å². The molecule has 5 heteroatoms. The first kappa shape index (κ1) is 13.4. The van der Waals surface area contributed by atoms with Gasteiger partial charge in [0, 0.05) is 4.47 Å². The number of hydrogen-bond acceptors (Lipinski definition) is 4. The average Bonchev–Trinajstić information content (AvgIpc) is 2.83. The zero-order valence-electron chi connectivity index (χ0n) is 10.9. The summed E-state index contributed by atoms with van der Waals surface area (Å²) < 4.78 is 7.65. The minimum Gasteiger partial charge on any atom is -0.494 e. The number of benzene rings is 2. The highest BCUT2D eigenvalue weighted by Gasteiger charge is 2.06. The molecule has 2 aromatic carbocycles. The van der Waals surface area contributed by atoms with Crippen molar-refractivity contribution in [2.75, 3.05) is 11.9 Å². The number of aromatic nitrogens is 1. The predicted octanol–water partition coefficient (Wildman–Crippen LogP) is 5.20. The first-order valence-electron chi connectivity index (χ1n) is 6.31. The van der Waals surface area contributed by atoms with Gasteiger partial charge in [0.05, 0.1) is 22.5 Å². The Kier molecular flexibility index (Phi) is 3.89. The van der Waals surface area contributed by atoms with Gasteiger partial charge in [0.25, 0.3) is 0 Å². The monoisotopic (exact) mass is 348 g/mol. The number of ether oxygens (including phenoxy) is 1. The van der Waals surface area contributed by atoms with E-state index in [2.05, 4.69) is 26.2 Å². The maximum Gasteiger partial charge on any atom is 0.188 e. The van der Waals surface area contributed by atoms with Gasteiger partial charge in [-0.05, 0) is 53.2 Å². The summed E-state index contributed by atoms with van der Waals surface area (Å²) in [5, 5.41) is 4.21. The minimum atomic E-state index is 0.673. The second kappa shape index (κ2) is 5.81. The molecule has 1 heterocycles. The van der Waals surface area contributed by atoms with E-state index in [1.165, 1.54) is 0 Å². The summed E-state index contributed by atoms with van der Waals surface area (Å²) in [5.41, 5.74) is 1.99. The zero-order valence-corrected chi connectivity index (χ0v) is 13.3. The van der Waals surface area contributed by atoms with Gasteiger partial charge >= 0.3 is 0 Å². The highest BCUT2D eigenvalue weighted by Crippen LogP contribution is 2.32. The third-order valence-corrected chi connectivity index (χ3v) is 4.41. The molecule has 0 spiro atoms. The molecule has 3 nitrogen and oxygen atoms in total. The summed E-state index contributed by atoms with van der Waals surface area (Å²) in [6, 6.07) is 14.0. The lowest BCUT2D eigenvalue weighted by molar-refractivity contribution is 0.341. The number of thiazole rings is 1. The Labute approximate surface area is 129 Å². The van der Waals surface area contributed by atoms with Crippen LogP contribution >= 0.6 is 27.3 Å². The molecule has 3 rings (SSSR count). The van der Waals surface area contributed by atoms with E-state index in [1.54, 1.807) is 11.3 Å². The molecule has 0 unspecified atom stereocenters. The van der Waals surface area contributed by atoms with Crippen molar-refractivity contribution < 1.29 is 4.74 Å². The molecule has 0 radical (unpaired) electrons. The number of para-hydroxylation sites is 1. The third-order valence-electron chi connectivity index (χ3n) is 2.79. The molecule has 0 bridgehead atoms.